The minimum absolute atomic E-state index is 0.00750. The molecule has 146 valence electrons. The monoisotopic (exact) mass is 398 g/mol. The first-order chi connectivity index (χ1) is 13.6. The normalized spacial score (nSPS) is 10.5. The van der Waals surface area contributed by atoms with Crippen molar-refractivity contribution in [3.63, 3.8) is 0 Å². The number of rotatable bonds is 8. The van der Waals surface area contributed by atoms with Gasteiger partial charge in [-0.1, -0.05) is 30.0 Å². The SMILES string of the molecule is CCN(C(=O)CSc1n[nH]c(-c2cc(OC)cc(OC)c2)n1)c1ccccc1. The van der Waals surface area contributed by atoms with E-state index in [1.807, 2.05) is 49.4 Å². The average molecular weight is 398 g/mol. The van der Waals surface area contributed by atoms with Crippen molar-refractivity contribution in [2.45, 2.75) is 12.1 Å². The number of aromatic amines is 1. The van der Waals surface area contributed by atoms with Gasteiger partial charge in [-0.15, -0.1) is 5.10 Å². The standard InChI is InChI=1S/C20H22N4O3S/c1-4-24(15-8-6-5-7-9-15)18(25)13-28-20-21-19(22-23-20)14-10-16(26-2)12-17(11-14)27-3/h5-12H,4,13H2,1-3H3,(H,21,22,23). The van der Waals surface area contributed by atoms with Crippen molar-refractivity contribution in [3.8, 4) is 22.9 Å². The predicted octanol–water partition coefficient (Wildman–Crippen LogP) is 3.63. The zero-order valence-corrected chi connectivity index (χ0v) is 16.8. The molecule has 0 atom stereocenters. The van der Waals surface area contributed by atoms with Crippen LogP contribution in [0.5, 0.6) is 11.5 Å². The van der Waals surface area contributed by atoms with Crippen LogP contribution in [0.2, 0.25) is 0 Å². The zero-order chi connectivity index (χ0) is 19.9. The third-order valence-electron chi connectivity index (χ3n) is 4.10. The third kappa shape index (κ3) is 4.64. The first-order valence-corrected chi connectivity index (χ1v) is 9.77. The Kier molecular flexibility index (Phi) is 6.54. The van der Waals surface area contributed by atoms with Gasteiger partial charge >= 0.3 is 0 Å². The van der Waals surface area contributed by atoms with E-state index in [-0.39, 0.29) is 11.7 Å². The maximum absolute atomic E-state index is 12.6. The highest BCUT2D eigenvalue weighted by molar-refractivity contribution is 7.99. The summed E-state index contributed by atoms with van der Waals surface area (Å²) in [7, 11) is 3.19. The number of nitrogens with one attached hydrogen (secondary N) is 1. The third-order valence-corrected chi connectivity index (χ3v) is 4.93. The molecule has 1 N–H and O–H groups in total. The topological polar surface area (TPSA) is 80.3 Å². The lowest BCUT2D eigenvalue weighted by Crippen LogP contribution is -2.32. The molecule has 1 amide bonds. The van der Waals surface area contributed by atoms with Crippen molar-refractivity contribution in [2.24, 2.45) is 0 Å². The number of amides is 1. The number of thioether (sulfide) groups is 1. The summed E-state index contributed by atoms with van der Waals surface area (Å²) in [5.41, 5.74) is 1.68. The summed E-state index contributed by atoms with van der Waals surface area (Å²) in [5, 5.41) is 7.62. The van der Waals surface area contributed by atoms with E-state index < -0.39 is 0 Å². The van der Waals surface area contributed by atoms with Crippen LogP contribution in [0.3, 0.4) is 0 Å². The van der Waals surface area contributed by atoms with E-state index in [4.69, 9.17) is 9.47 Å². The van der Waals surface area contributed by atoms with Crippen molar-refractivity contribution in [2.75, 3.05) is 31.4 Å². The van der Waals surface area contributed by atoms with Crippen molar-refractivity contribution in [1.29, 1.82) is 0 Å². The number of ether oxygens (including phenoxy) is 2. The van der Waals surface area contributed by atoms with E-state index >= 15 is 0 Å². The molecule has 0 aliphatic rings. The molecule has 3 aromatic rings. The highest BCUT2D eigenvalue weighted by Crippen LogP contribution is 2.28. The minimum atomic E-state index is 0.00750. The molecule has 0 fully saturated rings. The van der Waals surface area contributed by atoms with Crippen LogP contribution in [0.15, 0.2) is 53.7 Å². The van der Waals surface area contributed by atoms with Gasteiger partial charge in [0, 0.05) is 23.9 Å². The molecule has 0 radical (unpaired) electrons. The number of para-hydroxylation sites is 1. The number of carbonyl (C=O) groups excluding carboxylic acids is 1. The first kappa shape index (κ1) is 19.8. The summed E-state index contributed by atoms with van der Waals surface area (Å²) < 4.78 is 10.6. The lowest BCUT2D eigenvalue weighted by Gasteiger charge is -2.20. The Bertz CT molecular complexity index is 908. The number of methoxy groups -OCH3 is 2. The summed E-state index contributed by atoms with van der Waals surface area (Å²) in [6, 6.07) is 15.1. The smallest absolute Gasteiger partial charge is 0.237 e. The molecule has 1 heterocycles. The van der Waals surface area contributed by atoms with Gasteiger partial charge in [-0.3, -0.25) is 9.89 Å². The van der Waals surface area contributed by atoms with Gasteiger partial charge in [0.2, 0.25) is 11.1 Å². The van der Waals surface area contributed by atoms with Gasteiger partial charge in [0.25, 0.3) is 0 Å². The van der Waals surface area contributed by atoms with Crippen LogP contribution >= 0.6 is 11.8 Å². The molecule has 0 saturated heterocycles. The van der Waals surface area contributed by atoms with Crippen LogP contribution in [0, 0.1) is 0 Å². The van der Waals surface area contributed by atoms with Crippen LogP contribution < -0.4 is 14.4 Å². The van der Waals surface area contributed by atoms with E-state index in [0.29, 0.717) is 29.0 Å². The molecule has 8 heteroatoms. The van der Waals surface area contributed by atoms with Crippen molar-refractivity contribution >= 4 is 23.4 Å². The van der Waals surface area contributed by atoms with E-state index in [2.05, 4.69) is 15.2 Å². The second-order valence-corrected chi connectivity index (χ2v) is 6.77. The number of hydrogen-bond acceptors (Lipinski definition) is 6. The Morgan fingerprint density at radius 2 is 1.79 bits per heavy atom. The second-order valence-electron chi connectivity index (χ2n) is 5.83. The molecule has 0 spiro atoms. The summed E-state index contributed by atoms with van der Waals surface area (Å²) in [5.74, 6) is 2.17. The predicted molar refractivity (Wildman–Crippen MR) is 110 cm³/mol. The fourth-order valence-electron chi connectivity index (χ4n) is 2.70. The van der Waals surface area contributed by atoms with Crippen molar-refractivity contribution in [1.82, 2.24) is 15.2 Å². The van der Waals surface area contributed by atoms with Gasteiger partial charge in [0.1, 0.15) is 11.5 Å². The van der Waals surface area contributed by atoms with Gasteiger partial charge in [0.15, 0.2) is 5.82 Å². The molecule has 28 heavy (non-hydrogen) atoms. The van der Waals surface area contributed by atoms with Crippen LogP contribution in [-0.4, -0.2) is 47.6 Å². The van der Waals surface area contributed by atoms with Gasteiger partial charge in [-0.2, -0.15) is 0 Å². The molecule has 0 aliphatic carbocycles. The van der Waals surface area contributed by atoms with E-state index in [1.54, 1.807) is 25.2 Å². The summed E-state index contributed by atoms with van der Waals surface area (Å²) in [6.07, 6.45) is 0. The van der Waals surface area contributed by atoms with Gasteiger partial charge in [-0.25, -0.2) is 4.98 Å². The second kappa shape index (κ2) is 9.27. The minimum Gasteiger partial charge on any atom is -0.497 e. The maximum atomic E-state index is 12.6. The van der Waals surface area contributed by atoms with Crippen LogP contribution in [0.1, 0.15) is 6.92 Å². The highest BCUT2D eigenvalue weighted by Gasteiger charge is 2.16. The maximum Gasteiger partial charge on any atom is 0.237 e. The number of hydrogen-bond donors (Lipinski definition) is 1. The van der Waals surface area contributed by atoms with Gasteiger partial charge in [-0.05, 0) is 31.2 Å². The largest absolute Gasteiger partial charge is 0.497 e. The van der Waals surface area contributed by atoms with Crippen LogP contribution in [0.25, 0.3) is 11.4 Å². The zero-order valence-electron chi connectivity index (χ0n) is 16.0. The summed E-state index contributed by atoms with van der Waals surface area (Å²) in [4.78, 5) is 18.8. The average Bonchev–Trinajstić information content (AvgIpc) is 3.22. The van der Waals surface area contributed by atoms with Crippen LogP contribution in [-0.2, 0) is 4.79 Å². The van der Waals surface area contributed by atoms with Crippen LogP contribution in [0.4, 0.5) is 5.69 Å². The fourth-order valence-corrected chi connectivity index (χ4v) is 3.37. The van der Waals surface area contributed by atoms with Crippen molar-refractivity contribution < 1.29 is 14.3 Å². The highest BCUT2D eigenvalue weighted by atomic mass is 32.2. The molecule has 1 aromatic heterocycles. The quantitative estimate of drug-likeness (QED) is 0.584. The van der Waals surface area contributed by atoms with E-state index in [9.17, 15) is 4.79 Å². The Labute approximate surface area is 168 Å². The number of anilines is 1. The lowest BCUT2D eigenvalue weighted by atomic mass is 10.2. The Hall–Kier alpha value is -3.00. The van der Waals surface area contributed by atoms with Crippen molar-refractivity contribution in [3.05, 3.63) is 48.5 Å². The molecule has 0 aliphatic heterocycles. The molecular formula is C20H22N4O3S. The van der Waals surface area contributed by atoms with Gasteiger partial charge in [0.05, 0.1) is 20.0 Å². The number of H-pyrrole nitrogens is 1. The number of benzene rings is 2. The number of carbonyl (C=O) groups is 1. The Morgan fingerprint density at radius 1 is 1.11 bits per heavy atom. The molecule has 0 saturated carbocycles. The summed E-state index contributed by atoms with van der Waals surface area (Å²) >= 11 is 1.30. The Balaban J connectivity index is 1.69. The number of nitrogens with zero attached hydrogens (tertiary/aromatic N) is 3. The van der Waals surface area contributed by atoms with E-state index in [1.165, 1.54) is 11.8 Å². The number of aromatic nitrogens is 3. The molecule has 7 nitrogen and oxygen atoms in total. The summed E-state index contributed by atoms with van der Waals surface area (Å²) in [6.45, 7) is 2.56. The molecule has 2 aromatic carbocycles. The lowest BCUT2D eigenvalue weighted by molar-refractivity contribution is -0.116. The van der Waals surface area contributed by atoms with Gasteiger partial charge < -0.3 is 14.4 Å². The molecule has 0 unspecified atom stereocenters. The Morgan fingerprint density at radius 3 is 2.39 bits per heavy atom. The fraction of sp³-hybridized carbons (Fsp3) is 0.250. The molecule has 0 bridgehead atoms. The first-order valence-electron chi connectivity index (χ1n) is 8.78. The molecular weight excluding hydrogens is 376 g/mol. The molecule has 3 rings (SSSR count). The van der Waals surface area contributed by atoms with E-state index in [0.717, 1.165) is 11.3 Å².